The van der Waals surface area contributed by atoms with Crippen molar-refractivity contribution in [1.29, 1.82) is 0 Å². The summed E-state index contributed by atoms with van der Waals surface area (Å²) in [5.74, 6) is -0.485. The van der Waals surface area contributed by atoms with Crippen LogP contribution in [0.5, 0.6) is 0 Å². The molecule has 0 atom stereocenters. The second kappa shape index (κ2) is 11.3. The molecule has 0 saturated carbocycles. The Kier molecular flexibility index (Phi) is 9.42. The van der Waals surface area contributed by atoms with Crippen molar-refractivity contribution in [3.05, 3.63) is 57.6 Å². The number of aryl methyl sites for hydroxylation is 1. The van der Waals surface area contributed by atoms with Gasteiger partial charge < -0.3 is 25.6 Å². The number of hydrogen-bond acceptors (Lipinski definition) is 5. The van der Waals surface area contributed by atoms with Gasteiger partial charge in [-0.1, -0.05) is 41.4 Å². The van der Waals surface area contributed by atoms with Gasteiger partial charge in [-0.15, -0.1) is 0 Å². The number of para-hydroxylation sites is 1. The van der Waals surface area contributed by atoms with Crippen molar-refractivity contribution in [3.63, 3.8) is 0 Å². The lowest BCUT2D eigenvalue weighted by atomic mass is 10.1. The Morgan fingerprint density at radius 1 is 1.19 bits per heavy atom. The van der Waals surface area contributed by atoms with Gasteiger partial charge >= 0.3 is 12.1 Å². The number of nitrogens with one attached hydrogen (secondary N) is 1. The van der Waals surface area contributed by atoms with Gasteiger partial charge in [-0.3, -0.25) is 0 Å². The maximum absolute atomic E-state index is 12.2. The summed E-state index contributed by atoms with van der Waals surface area (Å²) in [6.07, 6.45) is -1.33. The number of anilines is 2. The standard InChI is InChI=1S/C17H17Cl2NO3.CH3NO2/c1-3-22-10-23-17(21)12-6-4-5-7-14(12)20-16-13(18)9-8-11(2)15(16)19;2-1(3)4/h4-9,20H,3,10H2,1-2H3;2H2,(H,3,4). The molecule has 0 aliphatic heterocycles. The Morgan fingerprint density at radius 3 is 2.44 bits per heavy atom. The highest BCUT2D eigenvalue weighted by atomic mass is 35.5. The first-order valence-electron chi connectivity index (χ1n) is 7.81. The van der Waals surface area contributed by atoms with Crippen molar-refractivity contribution >= 4 is 46.6 Å². The van der Waals surface area contributed by atoms with Crippen LogP contribution in [0.15, 0.2) is 36.4 Å². The molecule has 2 aromatic rings. The van der Waals surface area contributed by atoms with Gasteiger partial charge in [0.05, 0.1) is 27.0 Å². The van der Waals surface area contributed by atoms with E-state index in [-0.39, 0.29) is 6.79 Å². The van der Waals surface area contributed by atoms with Gasteiger partial charge in [0.25, 0.3) is 0 Å². The molecule has 0 heterocycles. The first-order chi connectivity index (χ1) is 12.8. The van der Waals surface area contributed by atoms with Gasteiger partial charge in [-0.2, -0.15) is 0 Å². The molecule has 0 fully saturated rings. The van der Waals surface area contributed by atoms with E-state index in [1.807, 2.05) is 19.9 Å². The number of amides is 1. The lowest BCUT2D eigenvalue weighted by Gasteiger charge is -2.15. The third-order valence-corrected chi connectivity index (χ3v) is 3.97. The average Bonchev–Trinajstić information content (AvgIpc) is 2.62. The monoisotopic (exact) mass is 414 g/mol. The zero-order chi connectivity index (χ0) is 20.4. The van der Waals surface area contributed by atoms with E-state index in [0.717, 1.165) is 5.56 Å². The molecule has 0 spiro atoms. The minimum atomic E-state index is -1.33. The van der Waals surface area contributed by atoms with E-state index in [0.29, 0.717) is 33.6 Å². The number of primary amides is 1. The summed E-state index contributed by atoms with van der Waals surface area (Å²) in [6.45, 7) is 4.09. The molecule has 146 valence electrons. The van der Waals surface area contributed by atoms with Crippen molar-refractivity contribution in [2.75, 3.05) is 18.7 Å². The van der Waals surface area contributed by atoms with E-state index >= 15 is 0 Å². The molecule has 0 radical (unpaired) electrons. The molecule has 27 heavy (non-hydrogen) atoms. The predicted octanol–water partition coefficient (Wildman–Crippen LogP) is 4.82. The van der Waals surface area contributed by atoms with Crippen molar-refractivity contribution in [2.24, 2.45) is 5.73 Å². The minimum Gasteiger partial charge on any atom is -0.465 e. The lowest BCUT2D eigenvalue weighted by Crippen LogP contribution is -2.11. The molecular formula is C18H20Cl2N2O5. The summed E-state index contributed by atoms with van der Waals surface area (Å²) in [7, 11) is 0. The maximum atomic E-state index is 12.2. The molecule has 2 rings (SSSR count). The third-order valence-electron chi connectivity index (χ3n) is 3.17. The van der Waals surface area contributed by atoms with Gasteiger partial charge in [-0.25, -0.2) is 9.59 Å². The van der Waals surface area contributed by atoms with Crippen LogP contribution >= 0.6 is 23.2 Å². The molecule has 2 aromatic carbocycles. The van der Waals surface area contributed by atoms with Gasteiger partial charge in [0.1, 0.15) is 0 Å². The highest BCUT2D eigenvalue weighted by Gasteiger charge is 2.15. The highest BCUT2D eigenvalue weighted by molar-refractivity contribution is 6.39. The van der Waals surface area contributed by atoms with E-state index < -0.39 is 12.1 Å². The molecule has 9 heteroatoms. The van der Waals surface area contributed by atoms with E-state index in [1.165, 1.54) is 0 Å². The Bertz CT molecular complexity index is 795. The predicted molar refractivity (Wildman–Crippen MR) is 105 cm³/mol. The van der Waals surface area contributed by atoms with Crippen LogP contribution in [0.4, 0.5) is 16.2 Å². The number of esters is 1. The van der Waals surface area contributed by atoms with Crippen LogP contribution in [0.3, 0.4) is 0 Å². The summed E-state index contributed by atoms with van der Waals surface area (Å²) in [4.78, 5) is 20.9. The summed E-state index contributed by atoms with van der Waals surface area (Å²) in [5.41, 5.74) is 6.40. The highest BCUT2D eigenvalue weighted by Crippen LogP contribution is 2.36. The van der Waals surface area contributed by atoms with E-state index in [2.05, 4.69) is 11.1 Å². The molecule has 7 nitrogen and oxygen atoms in total. The minimum absolute atomic E-state index is 0.0877. The molecule has 0 aromatic heterocycles. The van der Waals surface area contributed by atoms with Crippen LogP contribution in [0.2, 0.25) is 10.0 Å². The lowest BCUT2D eigenvalue weighted by molar-refractivity contribution is -0.0273. The molecule has 0 bridgehead atoms. The third kappa shape index (κ3) is 7.34. The number of rotatable bonds is 6. The Balaban J connectivity index is 0.000000828. The zero-order valence-electron chi connectivity index (χ0n) is 14.8. The van der Waals surface area contributed by atoms with Crippen LogP contribution in [0.25, 0.3) is 0 Å². The Hall–Kier alpha value is -2.48. The fraction of sp³-hybridized carbons (Fsp3) is 0.222. The van der Waals surface area contributed by atoms with Crippen LogP contribution in [-0.4, -0.2) is 30.6 Å². The van der Waals surface area contributed by atoms with Crippen LogP contribution in [0.1, 0.15) is 22.8 Å². The smallest absolute Gasteiger partial charge is 0.402 e. The largest absolute Gasteiger partial charge is 0.465 e. The molecule has 0 aliphatic carbocycles. The average molecular weight is 415 g/mol. The summed E-state index contributed by atoms with van der Waals surface area (Å²) < 4.78 is 10.1. The second-order valence-electron chi connectivity index (χ2n) is 5.10. The fourth-order valence-electron chi connectivity index (χ4n) is 1.93. The van der Waals surface area contributed by atoms with E-state index in [4.69, 9.17) is 42.6 Å². The molecule has 0 unspecified atom stereocenters. The number of halogens is 2. The van der Waals surface area contributed by atoms with Crippen molar-refractivity contribution in [2.45, 2.75) is 13.8 Å². The Labute approximate surface area is 167 Å². The number of benzene rings is 2. The Morgan fingerprint density at radius 2 is 1.81 bits per heavy atom. The summed E-state index contributed by atoms with van der Waals surface area (Å²) in [6, 6.07) is 10.6. The van der Waals surface area contributed by atoms with E-state index in [1.54, 1.807) is 30.3 Å². The number of nitrogens with two attached hydrogens (primary N) is 1. The van der Waals surface area contributed by atoms with Crippen molar-refractivity contribution in [1.82, 2.24) is 0 Å². The second-order valence-corrected chi connectivity index (χ2v) is 5.89. The van der Waals surface area contributed by atoms with Gasteiger partial charge in [-0.05, 0) is 37.6 Å². The van der Waals surface area contributed by atoms with Crippen LogP contribution in [0, 0.1) is 6.92 Å². The SMILES string of the molecule is CCOCOC(=O)c1ccccc1Nc1c(Cl)ccc(C)c1Cl.NC(=O)O. The normalized spacial score (nSPS) is 9.78. The number of hydrogen-bond donors (Lipinski definition) is 3. The number of ether oxygens (including phenoxy) is 2. The quantitative estimate of drug-likeness (QED) is 0.354. The first kappa shape index (κ1) is 22.6. The van der Waals surface area contributed by atoms with Crippen molar-refractivity contribution < 1.29 is 24.2 Å². The molecular weight excluding hydrogens is 395 g/mol. The van der Waals surface area contributed by atoms with Crippen LogP contribution in [-0.2, 0) is 9.47 Å². The first-order valence-corrected chi connectivity index (χ1v) is 8.57. The van der Waals surface area contributed by atoms with Gasteiger partial charge in [0, 0.05) is 6.61 Å². The molecule has 0 aliphatic rings. The molecule has 4 N–H and O–H groups in total. The number of carboxylic acid groups (broad SMARTS) is 1. The fourth-order valence-corrected chi connectivity index (χ4v) is 2.40. The molecule has 0 saturated heterocycles. The molecule has 1 amide bonds. The summed E-state index contributed by atoms with van der Waals surface area (Å²) in [5, 5.41) is 11.3. The van der Waals surface area contributed by atoms with E-state index in [9.17, 15) is 4.79 Å². The summed E-state index contributed by atoms with van der Waals surface area (Å²) >= 11 is 12.5. The maximum Gasteiger partial charge on any atom is 0.402 e. The van der Waals surface area contributed by atoms with Crippen molar-refractivity contribution in [3.8, 4) is 0 Å². The zero-order valence-corrected chi connectivity index (χ0v) is 16.3. The topological polar surface area (TPSA) is 111 Å². The number of carbonyl (C=O) groups excluding carboxylic acids is 1. The van der Waals surface area contributed by atoms with Gasteiger partial charge in [0.15, 0.2) is 6.79 Å². The van der Waals surface area contributed by atoms with Gasteiger partial charge in [0.2, 0.25) is 0 Å². The van der Waals surface area contributed by atoms with Crippen LogP contribution < -0.4 is 11.1 Å². The number of carbonyl (C=O) groups is 2.